The number of hydrogen-bond donors (Lipinski definition) is 1. The molecule has 2 aromatic rings. The molecule has 1 aliphatic rings. The molecule has 0 bridgehead atoms. The fraction of sp³-hybridized carbons (Fsp3) is 0.238. The number of carbonyl (C=O) groups excluding carboxylic acids is 2. The van der Waals surface area contributed by atoms with Crippen LogP contribution in [-0.4, -0.2) is 28.2 Å². The van der Waals surface area contributed by atoms with Crippen LogP contribution in [0.15, 0.2) is 66.2 Å². The van der Waals surface area contributed by atoms with Crippen LogP contribution in [0.5, 0.6) is 0 Å². The fourth-order valence-electron chi connectivity index (χ4n) is 3.20. The maximum absolute atomic E-state index is 12.7. The van der Waals surface area contributed by atoms with Gasteiger partial charge in [0.2, 0.25) is 0 Å². The molecule has 1 fully saturated rings. The number of benzene rings is 2. The normalized spacial score (nSPS) is 19.6. The third kappa shape index (κ3) is 3.20. The molecule has 0 aromatic heterocycles. The second kappa shape index (κ2) is 6.93. The summed E-state index contributed by atoms with van der Waals surface area (Å²) >= 11 is 0. The lowest BCUT2D eigenvalue weighted by Gasteiger charge is -2.26. The number of rotatable bonds is 4. The highest BCUT2D eigenvalue weighted by Gasteiger charge is 2.45. The third-order valence-corrected chi connectivity index (χ3v) is 4.26. The summed E-state index contributed by atoms with van der Waals surface area (Å²) in [5.74, 6) is -1.10. The minimum absolute atomic E-state index is 0.126. The molecule has 0 spiro atoms. The highest BCUT2D eigenvalue weighted by molar-refractivity contribution is 6.46. The molecule has 0 radical (unpaired) electrons. The first-order valence-corrected chi connectivity index (χ1v) is 8.39. The lowest BCUT2D eigenvalue weighted by Crippen LogP contribution is -2.33. The standard InChI is InChI=1S/C21H21NO3/c1-14(2)13-22-18(15-9-5-3-6-10-15)17(20(24)21(22)25)19(23)16-11-7-4-8-12-16/h3-12,14,18,23H,13H2,1-2H3/b19-17-. The first-order chi connectivity index (χ1) is 12.0. The lowest BCUT2D eigenvalue weighted by atomic mass is 9.95. The lowest BCUT2D eigenvalue weighted by molar-refractivity contribution is -0.140. The van der Waals surface area contributed by atoms with Gasteiger partial charge in [-0.1, -0.05) is 74.5 Å². The highest BCUT2D eigenvalue weighted by Crippen LogP contribution is 2.39. The van der Waals surface area contributed by atoms with E-state index in [1.54, 1.807) is 29.2 Å². The summed E-state index contributed by atoms with van der Waals surface area (Å²) in [6.07, 6.45) is 0. The molecule has 1 N–H and O–H groups in total. The molecule has 4 heteroatoms. The van der Waals surface area contributed by atoms with E-state index in [0.29, 0.717) is 12.1 Å². The molecule has 2 aromatic carbocycles. The molecule has 0 saturated carbocycles. The zero-order valence-corrected chi connectivity index (χ0v) is 14.3. The van der Waals surface area contributed by atoms with Gasteiger partial charge in [-0.15, -0.1) is 0 Å². The predicted octanol–water partition coefficient (Wildman–Crippen LogP) is 3.76. The Morgan fingerprint density at radius 3 is 2.12 bits per heavy atom. The van der Waals surface area contributed by atoms with E-state index in [2.05, 4.69) is 0 Å². The number of likely N-dealkylation sites (tertiary alicyclic amines) is 1. The van der Waals surface area contributed by atoms with Crippen molar-refractivity contribution in [1.82, 2.24) is 4.90 Å². The van der Waals surface area contributed by atoms with E-state index >= 15 is 0 Å². The van der Waals surface area contributed by atoms with Crippen LogP contribution in [0.4, 0.5) is 0 Å². The highest BCUT2D eigenvalue weighted by atomic mass is 16.3. The van der Waals surface area contributed by atoms with Gasteiger partial charge in [-0.05, 0) is 11.5 Å². The predicted molar refractivity (Wildman–Crippen MR) is 96.7 cm³/mol. The Kier molecular flexibility index (Phi) is 4.70. The number of aliphatic hydroxyl groups excluding tert-OH is 1. The smallest absolute Gasteiger partial charge is 0.295 e. The van der Waals surface area contributed by atoms with Gasteiger partial charge in [-0.2, -0.15) is 0 Å². The molecular formula is C21H21NO3. The van der Waals surface area contributed by atoms with Crippen molar-refractivity contribution in [2.75, 3.05) is 6.54 Å². The van der Waals surface area contributed by atoms with Crippen molar-refractivity contribution >= 4 is 17.4 Å². The van der Waals surface area contributed by atoms with Crippen molar-refractivity contribution in [3.8, 4) is 0 Å². The van der Waals surface area contributed by atoms with E-state index < -0.39 is 17.7 Å². The van der Waals surface area contributed by atoms with Gasteiger partial charge in [-0.25, -0.2) is 0 Å². The zero-order valence-electron chi connectivity index (χ0n) is 14.3. The number of Topliss-reactive ketones (excluding diaryl/α,β-unsaturated/α-hetero) is 1. The van der Waals surface area contributed by atoms with E-state index in [1.165, 1.54) is 0 Å². The minimum atomic E-state index is -0.629. The second-order valence-corrected chi connectivity index (χ2v) is 6.62. The summed E-state index contributed by atoms with van der Waals surface area (Å²) in [6.45, 7) is 4.45. The maximum Gasteiger partial charge on any atom is 0.295 e. The Labute approximate surface area is 147 Å². The Bertz CT molecular complexity index is 810. The average molecular weight is 335 g/mol. The number of ketones is 1. The van der Waals surface area contributed by atoms with Gasteiger partial charge in [0.1, 0.15) is 5.76 Å². The molecule has 1 amide bonds. The van der Waals surface area contributed by atoms with Gasteiger partial charge in [-0.3, -0.25) is 9.59 Å². The van der Waals surface area contributed by atoms with Crippen LogP contribution in [-0.2, 0) is 9.59 Å². The van der Waals surface area contributed by atoms with Gasteiger partial charge in [0.15, 0.2) is 0 Å². The van der Waals surface area contributed by atoms with E-state index in [1.807, 2.05) is 50.2 Å². The molecule has 3 rings (SSSR count). The molecule has 1 atom stereocenters. The van der Waals surface area contributed by atoms with Crippen molar-refractivity contribution < 1.29 is 14.7 Å². The molecule has 1 heterocycles. The Balaban J connectivity index is 2.18. The zero-order chi connectivity index (χ0) is 18.0. The second-order valence-electron chi connectivity index (χ2n) is 6.62. The number of nitrogens with zero attached hydrogens (tertiary/aromatic N) is 1. The molecule has 1 unspecified atom stereocenters. The summed E-state index contributed by atoms with van der Waals surface area (Å²) in [6, 6.07) is 17.7. The summed E-state index contributed by atoms with van der Waals surface area (Å²) in [5, 5.41) is 10.8. The summed E-state index contributed by atoms with van der Waals surface area (Å²) in [5.41, 5.74) is 1.51. The van der Waals surface area contributed by atoms with E-state index in [9.17, 15) is 14.7 Å². The van der Waals surface area contributed by atoms with Crippen molar-refractivity contribution in [2.24, 2.45) is 5.92 Å². The topological polar surface area (TPSA) is 57.6 Å². The third-order valence-electron chi connectivity index (χ3n) is 4.26. The van der Waals surface area contributed by atoms with Gasteiger partial charge < -0.3 is 10.0 Å². The summed E-state index contributed by atoms with van der Waals surface area (Å²) < 4.78 is 0. The van der Waals surface area contributed by atoms with Crippen molar-refractivity contribution in [2.45, 2.75) is 19.9 Å². The first kappa shape index (κ1) is 17.0. The SMILES string of the molecule is CC(C)CN1C(=O)C(=O)/C(=C(\O)c2ccccc2)C1c1ccccc1. The minimum Gasteiger partial charge on any atom is -0.507 e. The molecule has 4 nitrogen and oxygen atoms in total. The average Bonchev–Trinajstić information content (AvgIpc) is 2.87. The molecule has 1 saturated heterocycles. The number of carbonyl (C=O) groups is 2. The Morgan fingerprint density at radius 2 is 1.56 bits per heavy atom. The van der Waals surface area contributed by atoms with Crippen LogP contribution in [0.25, 0.3) is 5.76 Å². The number of aliphatic hydroxyl groups is 1. The van der Waals surface area contributed by atoms with Crippen molar-refractivity contribution in [1.29, 1.82) is 0 Å². The van der Waals surface area contributed by atoms with Crippen LogP contribution >= 0.6 is 0 Å². The quantitative estimate of drug-likeness (QED) is 0.526. The van der Waals surface area contributed by atoms with Crippen LogP contribution in [0, 0.1) is 5.92 Å². The molecule has 128 valence electrons. The monoisotopic (exact) mass is 335 g/mol. The maximum atomic E-state index is 12.7. The van der Waals surface area contributed by atoms with Crippen molar-refractivity contribution in [3.05, 3.63) is 77.4 Å². The molecule has 1 aliphatic heterocycles. The van der Waals surface area contributed by atoms with E-state index in [-0.39, 0.29) is 17.3 Å². The number of hydrogen-bond acceptors (Lipinski definition) is 3. The van der Waals surface area contributed by atoms with Gasteiger partial charge >= 0.3 is 0 Å². The summed E-state index contributed by atoms with van der Waals surface area (Å²) in [7, 11) is 0. The van der Waals surface area contributed by atoms with Gasteiger partial charge in [0.25, 0.3) is 11.7 Å². The van der Waals surface area contributed by atoms with Crippen LogP contribution in [0.1, 0.15) is 31.0 Å². The van der Waals surface area contributed by atoms with Crippen LogP contribution in [0.2, 0.25) is 0 Å². The summed E-state index contributed by atoms with van der Waals surface area (Å²) in [4.78, 5) is 26.9. The largest absolute Gasteiger partial charge is 0.507 e. The Hall–Kier alpha value is -2.88. The van der Waals surface area contributed by atoms with Crippen LogP contribution in [0.3, 0.4) is 0 Å². The Morgan fingerprint density at radius 1 is 1.00 bits per heavy atom. The van der Waals surface area contributed by atoms with Gasteiger partial charge in [0.05, 0.1) is 11.6 Å². The van der Waals surface area contributed by atoms with E-state index in [4.69, 9.17) is 0 Å². The fourth-order valence-corrected chi connectivity index (χ4v) is 3.20. The molecule has 25 heavy (non-hydrogen) atoms. The van der Waals surface area contributed by atoms with Crippen molar-refractivity contribution in [3.63, 3.8) is 0 Å². The van der Waals surface area contributed by atoms with E-state index in [0.717, 1.165) is 5.56 Å². The van der Waals surface area contributed by atoms with Gasteiger partial charge in [0, 0.05) is 12.1 Å². The number of amides is 1. The van der Waals surface area contributed by atoms with Crippen LogP contribution < -0.4 is 0 Å². The molecule has 0 aliphatic carbocycles. The molecular weight excluding hydrogens is 314 g/mol. The first-order valence-electron chi connectivity index (χ1n) is 8.39.